The number of aromatic hydroxyl groups is 1. The van der Waals surface area contributed by atoms with Crippen LogP contribution < -0.4 is 5.32 Å². The van der Waals surface area contributed by atoms with Crippen molar-refractivity contribution in [3.8, 4) is 5.75 Å². The van der Waals surface area contributed by atoms with E-state index < -0.39 is 5.97 Å². The highest BCUT2D eigenvalue weighted by atomic mass is 16.5. The summed E-state index contributed by atoms with van der Waals surface area (Å²) >= 11 is 0. The van der Waals surface area contributed by atoms with Crippen LogP contribution in [-0.4, -0.2) is 29.6 Å². The number of hydrogen-bond acceptors (Lipinski definition) is 4. The van der Waals surface area contributed by atoms with Gasteiger partial charge in [0, 0.05) is 6.04 Å². The normalized spacial score (nSPS) is 12.1. The van der Waals surface area contributed by atoms with E-state index in [1.165, 1.54) is 6.07 Å². The van der Waals surface area contributed by atoms with Gasteiger partial charge in [-0.3, -0.25) is 4.79 Å². The molecule has 1 aromatic carbocycles. The van der Waals surface area contributed by atoms with Gasteiger partial charge in [0.15, 0.2) is 6.61 Å². The fourth-order valence-electron chi connectivity index (χ4n) is 1.49. The molecule has 0 radical (unpaired) electrons. The van der Waals surface area contributed by atoms with Crippen LogP contribution in [0.3, 0.4) is 0 Å². The Hall–Kier alpha value is -2.04. The summed E-state index contributed by atoms with van der Waals surface area (Å²) in [5, 5.41) is 12.5. The van der Waals surface area contributed by atoms with Crippen molar-refractivity contribution in [1.82, 2.24) is 5.32 Å². The molecule has 0 aliphatic carbocycles. The van der Waals surface area contributed by atoms with Gasteiger partial charge in [-0.1, -0.05) is 26.0 Å². The second kappa shape index (κ2) is 6.93. The lowest BCUT2D eigenvalue weighted by atomic mass is 10.1. The van der Waals surface area contributed by atoms with Gasteiger partial charge >= 0.3 is 5.97 Å². The molecule has 0 unspecified atom stereocenters. The van der Waals surface area contributed by atoms with Gasteiger partial charge in [-0.2, -0.15) is 0 Å². The zero-order valence-corrected chi connectivity index (χ0v) is 12.3. The topological polar surface area (TPSA) is 75.6 Å². The number of aryl methyl sites for hydroxylation is 1. The summed E-state index contributed by atoms with van der Waals surface area (Å²) in [5.74, 6) is -0.880. The first-order valence-electron chi connectivity index (χ1n) is 6.58. The minimum absolute atomic E-state index is 0.00794. The maximum Gasteiger partial charge on any atom is 0.342 e. The Morgan fingerprint density at radius 2 is 1.95 bits per heavy atom. The molecule has 5 heteroatoms. The Labute approximate surface area is 118 Å². The van der Waals surface area contributed by atoms with Crippen molar-refractivity contribution in [3.63, 3.8) is 0 Å². The van der Waals surface area contributed by atoms with E-state index in [2.05, 4.69) is 5.32 Å². The van der Waals surface area contributed by atoms with E-state index >= 15 is 0 Å². The van der Waals surface area contributed by atoms with Crippen molar-refractivity contribution in [2.24, 2.45) is 5.92 Å². The minimum Gasteiger partial charge on any atom is -0.507 e. The molecule has 0 heterocycles. The number of rotatable bonds is 5. The van der Waals surface area contributed by atoms with Crippen LogP contribution >= 0.6 is 0 Å². The Morgan fingerprint density at radius 1 is 1.30 bits per heavy atom. The third kappa shape index (κ3) is 4.26. The standard InChI is InChI=1S/C15H21NO4/c1-9(2)11(4)16-13(17)8-20-15(19)12-7-5-6-10(3)14(12)18/h5-7,9,11,18H,8H2,1-4H3,(H,16,17)/t11-/m1/s1. The van der Waals surface area contributed by atoms with Crippen molar-refractivity contribution in [1.29, 1.82) is 0 Å². The number of esters is 1. The Morgan fingerprint density at radius 3 is 2.55 bits per heavy atom. The number of hydrogen-bond donors (Lipinski definition) is 2. The van der Waals surface area contributed by atoms with E-state index in [9.17, 15) is 14.7 Å². The summed E-state index contributed by atoms with van der Waals surface area (Å²) in [4.78, 5) is 23.4. The molecule has 1 aromatic rings. The summed E-state index contributed by atoms with van der Waals surface area (Å²) < 4.78 is 4.90. The highest BCUT2D eigenvalue weighted by Gasteiger charge is 2.16. The first-order chi connectivity index (χ1) is 9.32. The largest absolute Gasteiger partial charge is 0.507 e. The third-order valence-corrected chi connectivity index (χ3v) is 3.18. The van der Waals surface area contributed by atoms with Crippen LogP contribution in [-0.2, 0) is 9.53 Å². The monoisotopic (exact) mass is 279 g/mol. The van der Waals surface area contributed by atoms with Crippen molar-refractivity contribution < 1.29 is 19.4 Å². The molecule has 1 atom stereocenters. The predicted octanol–water partition coefficient (Wildman–Crippen LogP) is 2.02. The SMILES string of the molecule is Cc1cccc(C(=O)OCC(=O)N[C@H](C)C(C)C)c1O. The number of nitrogens with one attached hydrogen (secondary N) is 1. The molecular weight excluding hydrogens is 258 g/mol. The van der Waals surface area contributed by atoms with E-state index in [1.54, 1.807) is 19.1 Å². The maximum absolute atomic E-state index is 11.8. The number of benzene rings is 1. The molecule has 1 rings (SSSR count). The van der Waals surface area contributed by atoms with Gasteiger partial charge in [0.05, 0.1) is 0 Å². The molecule has 20 heavy (non-hydrogen) atoms. The zero-order valence-electron chi connectivity index (χ0n) is 12.3. The van der Waals surface area contributed by atoms with Gasteiger partial charge in [0.1, 0.15) is 11.3 Å². The summed E-state index contributed by atoms with van der Waals surface area (Å²) in [6.07, 6.45) is 0. The van der Waals surface area contributed by atoms with Crippen LogP contribution in [0, 0.1) is 12.8 Å². The van der Waals surface area contributed by atoms with E-state index in [4.69, 9.17) is 4.74 Å². The maximum atomic E-state index is 11.8. The Kier molecular flexibility index (Phi) is 5.55. The van der Waals surface area contributed by atoms with E-state index in [0.29, 0.717) is 11.5 Å². The average Bonchev–Trinajstić information content (AvgIpc) is 2.39. The van der Waals surface area contributed by atoms with Crippen molar-refractivity contribution >= 4 is 11.9 Å². The average molecular weight is 279 g/mol. The number of ether oxygens (including phenoxy) is 1. The molecule has 2 N–H and O–H groups in total. The van der Waals surface area contributed by atoms with Crippen LogP contribution in [0.15, 0.2) is 18.2 Å². The smallest absolute Gasteiger partial charge is 0.342 e. The summed E-state index contributed by atoms with van der Waals surface area (Å²) in [7, 11) is 0. The van der Waals surface area contributed by atoms with Gasteiger partial charge in [0.2, 0.25) is 0 Å². The Bertz CT molecular complexity index is 497. The lowest BCUT2D eigenvalue weighted by Gasteiger charge is -2.17. The highest BCUT2D eigenvalue weighted by Crippen LogP contribution is 2.21. The number of para-hydroxylation sites is 1. The lowest BCUT2D eigenvalue weighted by Crippen LogP contribution is -2.38. The van der Waals surface area contributed by atoms with E-state index in [1.807, 2.05) is 20.8 Å². The minimum atomic E-state index is -0.710. The molecule has 0 aromatic heterocycles. The first kappa shape index (κ1) is 16.0. The van der Waals surface area contributed by atoms with E-state index in [0.717, 1.165) is 0 Å². The van der Waals surface area contributed by atoms with Crippen LogP contribution in [0.25, 0.3) is 0 Å². The van der Waals surface area contributed by atoms with Crippen LogP contribution in [0.1, 0.15) is 36.7 Å². The van der Waals surface area contributed by atoms with Gasteiger partial charge in [-0.05, 0) is 31.4 Å². The number of carbonyl (C=O) groups excluding carboxylic acids is 2. The van der Waals surface area contributed by atoms with Crippen molar-refractivity contribution in [2.75, 3.05) is 6.61 Å². The molecule has 0 bridgehead atoms. The molecule has 0 saturated heterocycles. The molecule has 5 nitrogen and oxygen atoms in total. The highest BCUT2D eigenvalue weighted by molar-refractivity contribution is 5.94. The molecule has 110 valence electrons. The fourth-order valence-corrected chi connectivity index (χ4v) is 1.49. The number of amides is 1. The second-order valence-corrected chi connectivity index (χ2v) is 5.15. The van der Waals surface area contributed by atoms with E-state index in [-0.39, 0.29) is 29.9 Å². The van der Waals surface area contributed by atoms with Gasteiger partial charge < -0.3 is 15.2 Å². The Balaban J connectivity index is 2.55. The summed E-state index contributed by atoms with van der Waals surface area (Å²) in [6, 6.07) is 4.79. The fraction of sp³-hybridized carbons (Fsp3) is 0.467. The van der Waals surface area contributed by atoms with Crippen LogP contribution in [0.5, 0.6) is 5.75 Å². The predicted molar refractivity (Wildman–Crippen MR) is 75.6 cm³/mol. The lowest BCUT2D eigenvalue weighted by molar-refractivity contribution is -0.125. The molecule has 0 saturated carbocycles. The molecule has 1 amide bonds. The van der Waals surface area contributed by atoms with Crippen LogP contribution in [0.4, 0.5) is 0 Å². The molecule has 0 spiro atoms. The number of phenols is 1. The van der Waals surface area contributed by atoms with Gasteiger partial charge in [0.25, 0.3) is 5.91 Å². The second-order valence-electron chi connectivity index (χ2n) is 5.15. The molecular formula is C15H21NO4. The molecule has 0 aliphatic heterocycles. The molecule has 0 aliphatic rings. The molecule has 0 fully saturated rings. The number of phenolic OH excluding ortho intramolecular Hbond substituents is 1. The zero-order chi connectivity index (χ0) is 15.3. The number of carbonyl (C=O) groups is 2. The summed E-state index contributed by atoms with van der Waals surface area (Å²) in [5.41, 5.74) is 0.645. The van der Waals surface area contributed by atoms with Gasteiger partial charge in [-0.15, -0.1) is 0 Å². The van der Waals surface area contributed by atoms with Crippen molar-refractivity contribution in [3.05, 3.63) is 29.3 Å². The van der Waals surface area contributed by atoms with Crippen LogP contribution in [0.2, 0.25) is 0 Å². The first-order valence-corrected chi connectivity index (χ1v) is 6.58. The summed E-state index contributed by atoms with van der Waals surface area (Å²) in [6.45, 7) is 7.19. The van der Waals surface area contributed by atoms with Crippen molar-refractivity contribution in [2.45, 2.75) is 33.7 Å². The van der Waals surface area contributed by atoms with Gasteiger partial charge in [-0.25, -0.2) is 4.79 Å². The third-order valence-electron chi connectivity index (χ3n) is 3.18. The quantitative estimate of drug-likeness (QED) is 0.808.